The highest BCUT2D eigenvalue weighted by Gasteiger charge is 2.08. The van der Waals surface area contributed by atoms with Gasteiger partial charge < -0.3 is 10.3 Å². The molecule has 0 saturated carbocycles. The lowest BCUT2D eigenvalue weighted by molar-refractivity contribution is 0.0949. The van der Waals surface area contributed by atoms with Crippen LogP contribution in [0.2, 0.25) is 0 Å². The molecule has 0 aliphatic rings. The Balaban J connectivity index is 2.28. The largest absolute Gasteiger partial charge is 0.351 e. The minimum absolute atomic E-state index is 0.0318. The fourth-order valence-electron chi connectivity index (χ4n) is 1.71. The first-order chi connectivity index (χ1) is 7.70. The van der Waals surface area contributed by atoms with E-state index in [4.69, 9.17) is 0 Å². The summed E-state index contributed by atoms with van der Waals surface area (Å²) in [7, 11) is 0. The van der Waals surface area contributed by atoms with Crippen LogP contribution in [0.15, 0.2) is 24.3 Å². The van der Waals surface area contributed by atoms with Gasteiger partial charge in [-0.2, -0.15) is 0 Å². The molecular weight excluding hydrogens is 200 g/mol. The van der Waals surface area contributed by atoms with Crippen molar-refractivity contribution in [3.63, 3.8) is 0 Å². The Hall–Kier alpha value is -1.77. The van der Waals surface area contributed by atoms with Crippen LogP contribution in [0, 0.1) is 6.92 Å². The van der Waals surface area contributed by atoms with Crippen molar-refractivity contribution in [2.45, 2.75) is 20.3 Å². The van der Waals surface area contributed by atoms with Crippen LogP contribution >= 0.6 is 0 Å². The van der Waals surface area contributed by atoms with Crippen LogP contribution < -0.4 is 5.32 Å². The molecule has 3 heteroatoms. The van der Waals surface area contributed by atoms with E-state index in [1.54, 1.807) is 0 Å². The molecule has 1 amide bonds. The summed E-state index contributed by atoms with van der Waals surface area (Å²) >= 11 is 0. The summed E-state index contributed by atoms with van der Waals surface area (Å²) < 4.78 is 0. The van der Waals surface area contributed by atoms with Gasteiger partial charge in [-0.05, 0) is 31.5 Å². The highest BCUT2D eigenvalue weighted by Crippen LogP contribution is 2.16. The summed E-state index contributed by atoms with van der Waals surface area (Å²) in [5, 5.41) is 3.94. The highest BCUT2D eigenvalue weighted by atomic mass is 16.1. The summed E-state index contributed by atoms with van der Waals surface area (Å²) in [5.74, 6) is -0.0318. The molecule has 0 atom stereocenters. The number of carbonyl (C=O) groups excluding carboxylic acids is 1. The molecule has 0 radical (unpaired) electrons. The number of aromatic nitrogens is 1. The van der Waals surface area contributed by atoms with Gasteiger partial charge in [0.25, 0.3) is 5.91 Å². The predicted molar refractivity (Wildman–Crippen MR) is 65.7 cm³/mol. The Labute approximate surface area is 94.9 Å². The second-order valence-corrected chi connectivity index (χ2v) is 4.03. The number of benzene rings is 1. The lowest BCUT2D eigenvalue weighted by atomic mass is 10.2. The van der Waals surface area contributed by atoms with Crippen LogP contribution in [0.5, 0.6) is 0 Å². The molecule has 84 valence electrons. The SMILES string of the molecule is CCCNC(=O)c1cc2cc(C)ccc2[nH]1. The third kappa shape index (κ3) is 2.08. The Kier molecular flexibility index (Phi) is 2.95. The summed E-state index contributed by atoms with van der Waals surface area (Å²) in [6, 6.07) is 8.00. The van der Waals surface area contributed by atoms with E-state index >= 15 is 0 Å². The number of aryl methyl sites for hydroxylation is 1. The van der Waals surface area contributed by atoms with Gasteiger partial charge in [-0.1, -0.05) is 18.6 Å². The van der Waals surface area contributed by atoms with Crippen molar-refractivity contribution in [3.05, 3.63) is 35.5 Å². The lowest BCUT2D eigenvalue weighted by Crippen LogP contribution is -2.24. The van der Waals surface area contributed by atoms with Gasteiger partial charge in [0, 0.05) is 17.4 Å². The van der Waals surface area contributed by atoms with E-state index in [0.717, 1.165) is 17.3 Å². The third-order valence-electron chi connectivity index (χ3n) is 2.56. The van der Waals surface area contributed by atoms with Gasteiger partial charge in [-0.15, -0.1) is 0 Å². The number of nitrogens with one attached hydrogen (secondary N) is 2. The first-order valence-electron chi connectivity index (χ1n) is 5.58. The van der Waals surface area contributed by atoms with Crippen molar-refractivity contribution in [2.24, 2.45) is 0 Å². The Morgan fingerprint density at radius 1 is 1.38 bits per heavy atom. The van der Waals surface area contributed by atoms with Crippen LogP contribution in [0.25, 0.3) is 10.9 Å². The van der Waals surface area contributed by atoms with E-state index in [9.17, 15) is 4.79 Å². The molecule has 1 aromatic heterocycles. The molecule has 0 bridgehead atoms. The topological polar surface area (TPSA) is 44.9 Å². The van der Waals surface area contributed by atoms with Gasteiger partial charge in [0.2, 0.25) is 0 Å². The normalized spacial score (nSPS) is 10.6. The maximum atomic E-state index is 11.7. The third-order valence-corrected chi connectivity index (χ3v) is 2.56. The van der Waals surface area contributed by atoms with Crippen LogP contribution in [0.1, 0.15) is 29.4 Å². The molecular formula is C13H16N2O. The van der Waals surface area contributed by atoms with Gasteiger partial charge >= 0.3 is 0 Å². The van der Waals surface area contributed by atoms with Crippen LogP contribution in [-0.4, -0.2) is 17.4 Å². The van der Waals surface area contributed by atoms with E-state index in [0.29, 0.717) is 12.2 Å². The molecule has 2 aromatic rings. The first kappa shape index (κ1) is 10.7. The molecule has 0 unspecified atom stereocenters. The number of rotatable bonds is 3. The number of carbonyl (C=O) groups is 1. The zero-order valence-electron chi connectivity index (χ0n) is 9.63. The van der Waals surface area contributed by atoms with Crippen molar-refractivity contribution in [1.82, 2.24) is 10.3 Å². The fraction of sp³-hybridized carbons (Fsp3) is 0.308. The molecule has 2 N–H and O–H groups in total. The van der Waals surface area contributed by atoms with Crippen molar-refractivity contribution in [3.8, 4) is 0 Å². The number of aromatic amines is 1. The second-order valence-electron chi connectivity index (χ2n) is 4.03. The number of hydrogen-bond donors (Lipinski definition) is 2. The van der Waals surface area contributed by atoms with E-state index in [1.807, 2.05) is 32.0 Å². The van der Waals surface area contributed by atoms with Crippen molar-refractivity contribution in [2.75, 3.05) is 6.54 Å². The minimum Gasteiger partial charge on any atom is -0.351 e. The van der Waals surface area contributed by atoms with Crippen molar-refractivity contribution < 1.29 is 4.79 Å². The van der Waals surface area contributed by atoms with Crippen molar-refractivity contribution in [1.29, 1.82) is 0 Å². The monoisotopic (exact) mass is 216 g/mol. The van der Waals surface area contributed by atoms with Gasteiger partial charge in [-0.3, -0.25) is 4.79 Å². The van der Waals surface area contributed by atoms with E-state index in [2.05, 4.69) is 16.4 Å². The number of amides is 1. The average molecular weight is 216 g/mol. The van der Waals surface area contributed by atoms with E-state index in [1.165, 1.54) is 5.56 Å². The summed E-state index contributed by atoms with van der Waals surface area (Å²) in [6.45, 7) is 4.80. The molecule has 3 nitrogen and oxygen atoms in total. The maximum absolute atomic E-state index is 11.7. The Morgan fingerprint density at radius 3 is 2.94 bits per heavy atom. The zero-order valence-corrected chi connectivity index (χ0v) is 9.63. The molecule has 1 aromatic carbocycles. The Bertz CT molecular complexity index is 514. The van der Waals surface area contributed by atoms with Crippen molar-refractivity contribution >= 4 is 16.8 Å². The molecule has 0 aliphatic heterocycles. The molecule has 2 rings (SSSR count). The quantitative estimate of drug-likeness (QED) is 0.813. The van der Waals surface area contributed by atoms with E-state index in [-0.39, 0.29) is 5.91 Å². The van der Waals surface area contributed by atoms with Crippen LogP contribution in [0.3, 0.4) is 0 Å². The molecule has 0 aliphatic carbocycles. The molecule has 16 heavy (non-hydrogen) atoms. The smallest absolute Gasteiger partial charge is 0.267 e. The highest BCUT2D eigenvalue weighted by molar-refractivity contribution is 5.98. The first-order valence-corrected chi connectivity index (χ1v) is 5.58. The van der Waals surface area contributed by atoms with Gasteiger partial charge in [0.05, 0.1) is 0 Å². The number of hydrogen-bond acceptors (Lipinski definition) is 1. The Morgan fingerprint density at radius 2 is 2.19 bits per heavy atom. The van der Waals surface area contributed by atoms with Gasteiger partial charge in [0.15, 0.2) is 0 Å². The average Bonchev–Trinajstić information content (AvgIpc) is 2.68. The van der Waals surface area contributed by atoms with E-state index < -0.39 is 0 Å². The zero-order chi connectivity index (χ0) is 11.5. The summed E-state index contributed by atoms with van der Waals surface area (Å²) in [4.78, 5) is 14.8. The summed E-state index contributed by atoms with van der Waals surface area (Å²) in [6.07, 6.45) is 0.949. The molecule has 0 spiro atoms. The van der Waals surface area contributed by atoms with Crippen LogP contribution in [0.4, 0.5) is 0 Å². The molecule has 1 heterocycles. The predicted octanol–water partition coefficient (Wildman–Crippen LogP) is 2.62. The maximum Gasteiger partial charge on any atom is 0.267 e. The minimum atomic E-state index is -0.0318. The lowest BCUT2D eigenvalue weighted by Gasteiger charge is -1.99. The molecule has 0 saturated heterocycles. The van der Waals surface area contributed by atoms with Gasteiger partial charge in [0.1, 0.15) is 5.69 Å². The summed E-state index contributed by atoms with van der Waals surface area (Å²) in [5.41, 5.74) is 2.84. The van der Waals surface area contributed by atoms with Crippen LogP contribution in [-0.2, 0) is 0 Å². The fourth-order valence-corrected chi connectivity index (χ4v) is 1.71. The number of fused-ring (bicyclic) bond motifs is 1. The number of H-pyrrole nitrogens is 1. The standard InChI is InChI=1S/C13H16N2O/c1-3-6-14-13(16)12-8-10-7-9(2)4-5-11(10)15-12/h4-5,7-8,15H,3,6H2,1-2H3,(H,14,16). The second kappa shape index (κ2) is 4.39. The molecule has 0 fully saturated rings. The van der Waals surface area contributed by atoms with Gasteiger partial charge in [-0.25, -0.2) is 0 Å².